The number of nitrogens with zero attached hydrogens (tertiary/aromatic N) is 5. The summed E-state index contributed by atoms with van der Waals surface area (Å²) < 4.78 is 66.3. The number of allylic oxidation sites excluding steroid dienone is 1. The summed E-state index contributed by atoms with van der Waals surface area (Å²) in [6.07, 6.45) is -1.89. The van der Waals surface area contributed by atoms with Crippen LogP contribution in [0.3, 0.4) is 0 Å². The predicted octanol–water partition coefficient (Wildman–Crippen LogP) is 3.98. The number of nitrogens with two attached hydrogens (primary N) is 1. The van der Waals surface area contributed by atoms with Gasteiger partial charge in [0.1, 0.15) is 6.04 Å². The smallest absolute Gasteiger partial charge is 0.324 e. The van der Waals surface area contributed by atoms with Gasteiger partial charge in [0, 0.05) is 0 Å². The number of carbonyl (C=O) groups is 1. The van der Waals surface area contributed by atoms with Crippen molar-refractivity contribution in [1.29, 1.82) is 5.26 Å². The molecule has 2 fully saturated rings. The van der Waals surface area contributed by atoms with Crippen LogP contribution in [0.2, 0.25) is 0 Å². The molecule has 2 aliphatic rings. The van der Waals surface area contributed by atoms with Crippen molar-refractivity contribution in [3.05, 3.63) is 41.4 Å². The Morgan fingerprint density at radius 1 is 1.32 bits per heavy atom. The summed E-state index contributed by atoms with van der Waals surface area (Å²) in [5.74, 6) is -0.0357. The standard InChI is InChI=1S/C21H22F5N7O/c22-19(23)12-3-1-11(2-4-12)18(28)14-9-33-17(30-14)7-13(8-29-33)15(5-6-27)32-10-16(21(24,25)26)31-20(32)34/h7-9,11,15-16,18H,1-5,10,28H2,(H,31,34)/t15?,16-,18-/m0/s1. The molecule has 1 unspecified atom stereocenters. The Bertz CT molecular complexity index is 1140. The van der Waals surface area contributed by atoms with Crippen LogP contribution in [0, 0.1) is 17.2 Å². The van der Waals surface area contributed by atoms with E-state index in [-0.39, 0.29) is 30.8 Å². The van der Waals surface area contributed by atoms with Gasteiger partial charge in [-0.05, 0) is 48.8 Å². The maximum Gasteiger partial charge on any atom is 0.410 e. The summed E-state index contributed by atoms with van der Waals surface area (Å²) in [6.45, 7) is -0.623. The van der Waals surface area contributed by atoms with Crippen LogP contribution in [0.15, 0.2) is 30.1 Å². The van der Waals surface area contributed by atoms with E-state index in [1.807, 2.05) is 11.4 Å². The number of amides is 2. The SMILES string of the molecule is N#CCC(c1cnn2cc([C@@H](N)C3CCC(=C(F)F)CC3)nc2c1)N1C[C@@H](C(F)(F)F)NC1=O. The van der Waals surface area contributed by atoms with Crippen LogP contribution in [0.25, 0.3) is 5.65 Å². The molecule has 0 bridgehead atoms. The van der Waals surface area contributed by atoms with E-state index in [4.69, 9.17) is 5.73 Å². The molecule has 13 heteroatoms. The van der Waals surface area contributed by atoms with Crippen molar-refractivity contribution in [1.82, 2.24) is 24.8 Å². The van der Waals surface area contributed by atoms with Gasteiger partial charge < -0.3 is 16.0 Å². The molecule has 3 atom stereocenters. The Morgan fingerprint density at radius 2 is 2.03 bits per heavy atom. The lowest BCUT2D eigenvalue weighted by atomic mass is 9.81. The molecule has 4 rings (SSSR count). The van der Waals surface area contributed by atoms with Gasteiger partial charge in [-0.3, -0.25) is 0 Å². The predicted molar refractivity (Wildman–Crippen MR) is 109 cm³/mol. The maximum atomic E-state index is 13.1. The molecule has 8 nitrogen and oxygen atoms in total. The van der Waals surface area contributed by atoms with E-state index in [0.717, 1.165) is 4.90 Å². The van der Waals surface area contributed by atoms with Crippen molar-refractivity contribution in [2.24, 2.45) is 11.7 Å². The second-order valence-corrected chi connectivity index (χ2v) is 8.56. The first kappa shape index (κ1) is 23.9. The van der Waals surface area contributed by atoms with Gasteiger partial charge in [-0.2, -0.15) is 32.3 Å². The molecule has 34 heavy (non-hydrogen) atoms. The number of rotatable bonds is 5. The summed E-state index contributed by atoms with van der Waals surface area (Å²) in [5.41, 5.74) is 7.74. The van der Waals surface area contributed by atoms with Crippen molar-refractivity contribution in [2.45, 2.75) is 56.4 Å². The number of hydrogen-bond acceptors (Lipinski definition) is 5. The fourth-order valence-electron chi connectivity index (χ4n) is 4.54. The number of alkyl halides is 3. The molecule has 3 heterocycles. The number of imidazole rings is 1. The van der Waals surface area contributed by atoms with Crippen molar-refractivity contribution in [3.63, 3.8) is 0 Å². The van der Waals surface area contributed by atoms with Gasteiger partial charge in [0.25, 0.3) is 6.08 Å². The van der Waals surface area contributed by atoms with Crippen LogP contribution in [0.4, 0.5) is 26.7 Å². The molecule has 0 spiro atoms. The molecule has 0 radical (unpaired) electrons. The minimum atomic E-state index is -4.61. The molecule has 1 aliphatic carbocycles. The Hall–Kier alpha value is -3.27. The largest absolute Gasteiger partial charge is 0.410 e. The van der Waals surface area contributed by atoms with Gasteiger partial charge in [-0.25, -0.2) is 14.3 Å². The Kier molecular flexibility index (Phi) is 6.44. The first-order chi connectivity index (χ1) is 16.1. The fourth-order valence-corrected chi connectivity index (χ4v) is 4.54. The number of fused-ring (bicyclic) bond motifs is 1. The first-order valence-corrected chi connectivity index (χ1v) is 10.7. The Morgan fingerprint density at radius 3 is 2.62 bits per heavy atom. The maximum absolute atomic E-state index is 13.1. The molecule has 1 aliphatic heterocycles. The Labute approximate surface area is 191 Å². The third-order valence-electron chi connectivity index (χ3n) is 6.49. The monoisotopic (exact) mass is 483 g/mol. The highest BCUT2D eigenvalue weighted by Crippen LogP contribution is 2.37. The number of nitrogens with one attached hydrogen (secondary N) is 1. The summed E-state index contributed by atoms with van der Waals surface area (Å²) in [4.78, 5) is 17.7. The van der Waals surface area contributed by atoms with Gasteiger partial charge >= 0.3 is 12.2 Å². The third-order valence-corrected chi connectivity index (χ3v) is 6.49. The zero-order chi connectivity index (χ0) is 24.6. The number of nitriles is 1. The summed E-state index contributed by atoms with van der Waals surface area (Å²) >= 11 is 0. The van der Waals surface area contributed by atoms with Crippen LogP contribution in [-0.2, 0) is 0 Å². The lowest BCUT2D eigenvalue weighted by molar-refractivity contribution is -0.150. The van der Waals surface area contributed by atoms with E-state index in [2.05, 4.69) is 10.1 Å². The number of halogens is 5. The van der Waals surface area contributed by atoms with E-state index in [1.165, 1.54) is 10.7 Å². The number of urea groups is 1. The average molecular weight is 483 g/mol. The molecule has 2 amide bonds. The first-order valence-electron chi connectivity index (χ1n) is 10.7. The van der Waals surface area contributed by atoms with E-state index >= 15 is 0 Å². The molecular weight excluding hydrogens is 461 g/mol. The van der Waals surface area contributed by atoms with E-state index in [0.29, 0.717) is 29.7 Å². The molecular formula is C21H22F5N7O. The van der Waals surface area contributed by atoms with Crippen LogP contribution in [-0.4, -0.2) is 44.3 Å². The zero-order valence-electron chi connectivity index (χ0n) is 17.9. The fraction of sp³-hybridized carbons (Fsp3) is 0.524. The van der Waals surface area contributed by atoms with Crippen LogP contribution in [0.5, 0.6) is 0 Å². The minimum Gasteiger partial charge on any atom is -0.324 e. The topological polar surface area (TPSA) is 112 Å². The molecule has 3 N–H and O–H groups in total. The number of aromatic nitrogens is 3. The molecule has 0 aromatic carbocycles. The average Bonchev–Trinajstić information content (AvgIpc) is 3.40. The second kappa shape index (κ2) is 9.17. The lowest BCUT2D eigenvalue weighted by Gasteiger charge is -2.27. The summed E-state index contributed by atoms with van der Waals surface area (Å²) in [6, 6.07) is -0.913. The van der Waals surface area contributed by atoms with Crippen LogP contribution < -0.4 is 11.1 Å². The molecule has 1 saturated carbocycles. The van der Waals surface area contributed by atoms with Crippen molar-refractivity contribution >= 4 is 11.7 Å². The van der Waals surface area contributed by atoms with E-state index in [9.17, 15) is 32.0 Å². The lowest BCUT2D eigenvalue weighted by Crippen LogP contribution is -2.40. The van der Waals surface area contributed by atoms with E-state index in [1.54, 1.807) is 12.3 Å². The van der Waals surface area contributed by atoms with Crippen LogP contribution in [0.1, 0.15) is 55.4 Å². The second-order valence-electron chi connectivity index (χ2n) is 8.56. The van der Waals surface area contributed by atoms with Gasteiger partial charge in [-0.1, -0.05) is 0 Å². The van der Waals surface area contributed by atoms with Gasteiger partial charge in [0.15, 0.2) is 5.65 Å². The van der Waals surface area contributed by atoms with Gasteiger partial charge in [0.2, 0.25) is 0 Å². The molecule has 1 saturated heterocycles. The van der Waals surface area contributed by atoms with Crippen LogP contribution >= 0.6 is 0 Å². The number of hydrogen-bond donors (Lipinski definition) is 2. The van der Waals surface area contributed by atoms with Gasteiger partial charge in [-0.15, -0.1) is 0 Å². The highest BCUT2D eigenvalue weighted by Gasteiger charge is 2.48. The normalized spacial score (nSPS) is 23.0. The van der Waals surface area contributed by atoms with Gasteiger partial charge in [0.05, 0.1) is 49.2 Å². The highest BCUT2D eigenvalue weighted by atomic mass is 19.4. The molecule has 182 valence electrons. The highest BCUT2D eigenvalue weighted by molar-refractivity contribution is 5.77. The Balaban J connectivity index is 1.55. The molecule has 2 aromatic heterocycles. The van der Waals surface area contributed by atoms with Crippen molar-refractivity contribution in [3.8, 4) is 6.07 Å². The van der Waals surface area contributed by atoms with E-state index < -0.39 is 43.0 Å². The third kappa shape index (κ3) is 4.68. The summed E-state index contributed by atoms with van der Waals surface area (Å²) in [5, 5.41) is 15.4. The quantitative estimate of drug-likeness (QED) is 0.625. The summed E-state index contributed by atoms with van der Waals surface area (Å²) in [7, 11) is 0. The number of carbonyl (C=O) groups excluding carboxylic acids is 1. The van der Waals surface area contributed by atoms with Crippen molar-refractivity contribution < 1.29 is 26.7 Å². The molecule has 2 aromatic rings. The zero-order valence-corrected chi connectivity index (χ0v) is 17.9. The minimum absolute atomic E-state index is 0.0357. The van der Waals surface area contributed by atoms with Crippen molar-refractivity contribution in [2.75, 3.05) is 6.54 Å².